The summed E-state index contributed by atoms with van der Waals surface area (Å²) < 4.78 is 5.78. The molecule has 1 aromatic rings. The van der Waals surface area contributed by atoms with E-state index in [1.54, 1.807) is 0 Å². The molecule has 0 radical (unpaired) electrons. The Morgan fingerprint density at radius 3 is 2.35 bits per heavy atom. The van der Waals surface area contributed by atoms with Gasteiger partial charge in [0.25, 0.3) is 0 Å². The van der Waals surface area contributed by atoms with Crippen LogP contribution in [0, 0.1) is 0 Å². The molecule has 2 fully saturated rings. The van der Waals surface area contributed by atoms with Crippen LogP contribution in [0.3, 0.4) is 0 Å². The Kier molecular flexibility index (Phi) is 5.33. The van der Waals surface area contributed by atoms with Crippen LogP contribution in [-0.4, -0.2) is 60.8 Å². The summed E-state index contributed by atoms with van der Waals surface area (Å²) in [5.74, 6) is 2.06. The Balaban J connectivity index is 1.59. The monoisotopic (exact) mass is 335 g/mol. The highest BCUT2D eigenvalue weighted by atomic mass is 32.2. The number of rotatable bonds is 2. The molecular formula is C17H25N3O2S. The lowest BCUT2D eigenvalue weighted by Gasteiger charge is -2.37. The predicted octanol–water partition coefficient (Wildman–Crippen LogP) is 2.88. The maximum atomic E-state index is 12.2. The fourth-order valence-corrected chi connectivity index (χ4v) is 4.02. The van der Waals surface area contributed by atoms with E-state index < -0.39 is 0 Å². The fraction of sp³-hybridized carbons (Fsp3) is 0.588. The van der Waals surface area contributed by atoms with Crippen molar-refractivity contribution in [2.45, 2.75) is 26.1 Å². The Labute approximate surface area is 142 Å². The van der Waals surface area contributed by atoms with Gasteiger partial charge in [0.15, 0.2) is 0 Å². The van der Waals surface area contributed by atoms with Gasteiger partial charge in [0, 0.05) is 49.1 Å². The van der Waals surface area contributed by atoms with Crippen LogP contribution in [0.5, 0.6) is 0 Å². The molecule has 0 saturated carbocycles. The van der Waals surface area contributed by atoms with Gasteiger partial charge in [-0.15, -0.1) is 0 Å². The number of ether oxygens (including phenoxy) is 1. The number of nitrogens with zero attached hydrogens (tertiary/aromatic N) is 2. The summed E-state index contributed by atoms with van der Waals surface area (Å²) in [6.45, 7) is 7.68. The molecule has 0 spiro atoms. The quantitative estimate of drug-likeness (QED) is 0.903. The maximum absolute atomic E-state index is 12.2. The van der Waals surface area contributed by atoms with E-state index in [-0.39, 0.29) is 18.2 Å². The number of thioether (sulfide) groups is 1. The maximum Gasteiger partial charge on any atom is 0.321 e. The predicted molar refractivity (Wildman–Crippen MR) is 96.6 cm³/mol. The minimum Gasteiger partial charge on any atom is -0.372 e. The third-order valence-corrected chi connectivity index (χ3v) is 5.14. The van der Waals surface area contributed by atoms with Gasteiger partial charge in [-0.1, -0.05) is 0 Å². The van der Waals surface area contributed by atoms with Crippen molar-refractivity contribution < 1.29 is 9.53 Å². The summed E-state index contributed by atoms with van der Waals surface area (Å²) in [5.41, 5.74) is 2.03. The highest BCUT2D eigenvalue weighted by Gasteiger charge is 2.22. The molecule has 3 rings (SSSR count). The third-order valence-electron chi connectivity index (χ3n) is 4.20. The van der Waals surface area contributed by atoms with Gasteiger partial charge in [-0.3, -0.25) is 0 Å². The summed E-state index contributed by atoms with van der Waals surface area (Å²) in [4.78, 5) is 16.4. The number of urea groups is 1. The smallest absolute Gasteiger partial charge is 0.321 e. The van der Waals surface area contributed by atoms with Crippen molar-refractivity contribution >= 4 is 29.2 Å². The van der Waals surface area contributed by atoms with Crippen molar-refractivity contribution in [3.63, 3.8) is 0 Å². The first-order valence-corrected chi connectivity index (χ1v) is 9.41. The zero-order chi connectivity index (χ0) is 16.2. The molecule has 2 atom stereocenters. The molecular weight excluding hydrogens is 310 g/mol. The SMILES string of the molecule is C[C@@H]1CN(c2ccc(NC(=O)N3CCSCC3)cc2)C[C@H](C)O1. The average Bonchev–Trinajstić information content (AvgIpc) is 2.55. The molecule has 126 valence electrons. The van der Waals surface area contributed by atoms with Gasteiger partial charge < -0.3 is 19.9 Å². The number of amides is 2. The molecule has 6 heteroatoms. The summed E-state index contributed by atoms with van der Waals surface area (Å²) in [5, 5.41) is 2.99. The van der Waals surface area contributed by atoms with Gasteiger partial charge in [-0.25, -0.2) is 4.79 Å². The zero-order valence-corrected chi connectivity index (χ0v) is 14.6. The van der Waals surface area contributed by atoms with E-state index in [1.165, 1.54) is 5.69 Å². The molecule has 23 heavy (non-hydrogen) atoms. The number of carbonyl (C=O) groups excluding carboxylic acids is 1. The van der Waals surface area contributed by atoms with Gasteiger partial charge in [-0.2, -0.15) is 11.8 Å². The minimum absolute atomic E-state index is 0.00617. The number of hydrogen-bond acceptors (Lipinski definition) is 4. The summed E-state index contributed by atoms with van der Waals surface area (Å²) in [6, 6.07) is 8.12. The first-order valence-electron chi connectivity index (χ1n) is 8.26. The average molecular weight is 335 g/mol. The number of morpholine rings is 1. The number of nitrogens with one attached hydrogen (secondary N) is 1. The Bertz CT molecular complexity index is 521. The topological polar surface area (TPSA) is 44.8 Å². The highest BCUT2D eigenvalue weighted by Crippen LogP contribution is 2.22. The van der Waals surface area contributed by atoms with Gasteiger partial charge >= 0.3 is 6.03 Å². The van der Waals surface area contributed by atoms with E-state index >= 15 is 0 Å². The van der Waals surface area contributed by atoms with E-state index in [0.29, 0.717) is 0 Å². The summed E-state index contributed by atoms with van der Waals surface area (Å²) in [6.07, 6.45) is 0.491. The van der Waals surface area contributed by atoms with Crippen molar-refractivity contribution in [2.75, 3.05) is 47.9 Å². The molecule has 2 aliphatic heterocycles. The Morgan fingerprint density at radius 2 is 1.74 bits per heavy atom. The van der Waals surface area contributed by atoms with E-state index in [2.05, 4.69) is 36.2 Å². The molecule has 0 bridgehead atoms. The summed E-state index contributed by atoms with van der Waals surface area (Å²) in [7, 11) is 0. The van der Waals surface area contributed by atoms with Crippen LogP contribution in [0.25, 0.3) is 0 Å². The lowest BCUT2D eigenvalue weighted by Crippen LogP contribution is -2.45. The highest BCUT2D eigenvalue weighted by molar-refractivity contribution is 7.99. The van der Waals surface area contributed by atoms with E-state index in [4.69, 9.17) is 4.74 Å². The standard InChI is InChI=1S/C17H25N3O2S/c1-13-11-20(12-14(2)22-13)16-5-3-15(4-6-16)18-17(21)19-7-9-23-10-8-19/h3-6,13-14H,7-12H2,1-2H3,(H,18,21)/t13-,14+. The van der Waals surface area contributed by atoms with Crippen molar-refractivity contribution in [3.05, 3.63) is 24.3 Å². The zero-order valence-electron chi connectivity index (χ0n) is 13.8. The number of carbonyl (C=O) groups is 1. The van der Waals surface area contributed by atoms with Crippen LogP contribution in [0.2, 0.25) is 0 Å². The van der Waals surface area contributed by atoms with Crippen molar-refractivity contribution in [1.82, 2.24) is 4.90 Å². The van der Waals surface area contributed by atoms with Crippen LogP contribution in [0.4, 0.5) is 16.2 Å². The van der Waals surface area contributed by atoms with Crippen LogP contribution in [0.15, 0.2) is 24.3 Å². The second-order valence-electron chi connectivity index (χ2n) is 6.24. The van der Waals surface area contributed by atoms with Gasteiger partial charge in [0.1, 0.15) is 0 Å². The number of hydrogen-bond donors (Lipinski definition) is 1. The first kappa shape index (κ1) is 16.5. The van der Waals surface area contributed by atoms with Crippen molar-refractivity contribution in [1.29, 1.82) is 0 Å². The third kappa shape index (κ3) is 4.32. The molecule has 1 aromatic carbocycles. The van der Waals surface area contributed by atoms with Crippen LogP contribution in [0.1, 0.15) is 13.8 Å². The lowest BCUT2D eigenvalue weighted by molar-refractivity contribution is -0.00521. The first-order chi connectivity index (χ1) is 11.1. The normalized spacial score (nSPS) is 25.3. The van der Waals surface area contributed by atoms with Crippen LogP contribution < -0.4 is 10.2 Å². The molecule has 0 unspecified atom stereocenters. The molecule has 0 aromatic heterocycles. The Morgan fingerprint density at radius 1 is 1.13 bits per heavy atom. The molecule has 2 amide bonds. The van der Waals surface area contributed by atoms with Crippen LogP contribution >= 0.6 is 11.8 Å². The van der Waals surface area contributed by atoms with Crippen molar-refractivity contribution in [2.24, 2.45) is 0 Å². The van der Waals surface area contributed by atoms with Gasteiger partial charge in [0.05, 0.1) is 12.2 Å². The second kappa shape index (κ2) is 7.45. The minimum atomic E-state index is 0.00617. The summed E-state index contributed by atoms with van der Waals surface area (Å²) >= 11 is 1.90. The van der Waals surface area contributed by atoms with Gasteiger partial charge in [-0.05, 0) is 38.1 Å². The van der Waals surface area contributed by atoms with Gasteiger partial charge in [0.2, 0.25) is 0 Å². The van der Waals surface area contributed by atoms with Crippen molar-refractivity contribution in [3.8, 4) is 0 Å². The molecule has 1 N–H and O–H groups in total. The molecule has 2 saturated heterocycles. The molecule has 2 aliphatic rings. The fourth-order valence-electron chi connectivity index (χ4n) is 3.11. The lowest BCUT2D eigenvalue weighted by atomic mass is 10.2. The van der Waals surface area contributed by atoms with E-state index in [9.17, 15) is 4.79 Å². The number of benzene rings is 1. The van der Waals surface area contributed by atoms with E-state index in [1.807, 2.05) is 28.8 Å². The van der Waals surface area contributed by atoms with Crippen LogP contribution in [-0.2, 0) is 4.74 Å². The molecule has 2 heterocycles. The molecule has 0 aliphatic carbocycles. The second-order valence-corrected chi connectivity index (χ2v) is 7.46. The largest absolute Gasteiger partial charge is 0.372 e. The Hall–Kier alpha value is -1.40. The van der Waals surface area contributed by atoms with E-state index in [0.717, 1.165) is 43.4 Å². The number of anilines is 2. The molecule has 5 nitrogen and oxygen atoms in total.